The van der Waals surface area contributed by atoms with E-state index in [0.29, 0.717) is 0 Å². The summed E-state index contributed by atoms with van der Waals surface area (Å²) in [7, 11) is 0. The number of nitrogens with one attached hydrogen (secondary N) is 1. The Balaban J connectivity index is 1.98. The van der Waals surface area contributed by atoms with Gasteiger partial charge in [0.15, 0.2) is 0 Å². The summed E-state index contributed by atoms with van der Waals surface area (Å²) in [5.41, 5.74) is 7.70. The van der Waals surface area contributed by atoms with Crippen molar-refractivity contribution < 1.29 is 0 Å². The quantitative estimate of drug-likeness (QED) is 0.754. The average Bonchev–Trinajstić information content (AvgIpc) is 2.67. The molecule has 1 aromatic heterocycles. The van der Waals surface area contributed by atoms with Crippen molar-refractivity contribution in [2.45, 2.75) is 6.54 Å². The van der Waals surface area contributed by atoms with Gasteiger partial charge in [-0.2, -0.15) is 0 Å². The van der Waals surface area contributed by atoms with E-state index in [9.17, 15) is 0 Å². The highest BCUT2D eigenvalue weighted by atomic mass is 32.1. The number of nitrogens with two attached hydrogens (primary N) is 1. The van der Waals surface area contributed by atoms with E-state index < -0.39 is 0 Å². The van der Waals surface area contributed by atoms with Crippen molar-refractivity contribution in [3.63, 3.8) is 0 Å². The zero-order chi connectivity index (χ0) is 9.80. The van der Waals surface area contributed by atoms with Gasteiger partial charge in [0.2, 0.25) is 0 Å². The highest BCUT2D eigenvalue weighted by molar-refractivity contribution is 7.14. The van der Waals surface area contributed by atoms with Gasteiger partial charge in [0.1, 0.15) is 0 Å². The molecule has 14 heavy (non-hydrogen) atoms. The first-order chi connectivity index (χ1) is 6.84. The fourth-order valence-corrected chi connectivity index (χ4v) is 1.89. The summed E-state index contributed by atoms with van der Waals surface area (Å²) in [6.45, 7) is 0.825. The summed E-state index contributed by atoms with van der Waals surface area (Å²) in [6.07, 6.45) is 0. The fraction of sp³-hybridized carbons (Fsp3) is 0.0909. The number of thiophene rings is 1. The molecule has 0 fully saturated rings. The van der Waals surface area contributed by atoms with Crippen LogP contribution in [0.25, 0.3) is 0 Å². The van der Waals surface area contributed by atoms with Crippen LogP contribution < -0.4 is 11.1 Å². The molecule has 72 valence electrons. The summed E-state index contributed by atoms with van der Waals surface area (Å²) in [5, 5.41) is 6.58. The molecule has 0 spiro atoms. The van der Waals surface area contributed by atoms with E-state index in [1.54, 1.807) is 11.3 Å². The SMILES string of the molecule is Nc1cccc(CNc2cccs2)c1. The summed E-state index contributed by atoms with van der Waals surface area (Å²) >= 11 is 1.70. The molecule has 0 amide bonds. The maximum atomic E-state index is 5.68. The van der Waals surface area contributed by atoms with Crippen LogP contribution in [0.15, 0.2) is 41.8 Å². The molecule has 2 rings (SSSR count). The van der Waals surface area contributed by atoms with E-state index in [1.807, 2.05) is 24.3 Å². The second-order valence-corrected chi connectivity index (χ2v) is 4.02. The van der Waals surface area contributed by atoms with Crippen LogP contribution in [-0.2, 0) is 6.54 Å². The van der Waals surface area contributed by atoms with Crippen molar-refractivity contribution in [1.82, 2.24) is 0 Å². The summed E-state index contributed by atoms with van der Waals surface area (Å²) < 4.78 is 0. The molecule has 0 aliphatic carbocycles. The molecule has 1 heterocycles. The molecular weight excluding hydrogens is 192 g/mol. The first kappa shape index (κ1) is 9.09. The Labute approximate surface area is 87.4 Å². The van der Waals surface area contributed by atoms with Crippen LogP contribution in [0.5, 0.6) is 0 Å². The molecule has 2 aromatic rings. The van der Waals surface area contributed by atoms with E-state index in [4.69, 9.17) is 5.73 Å². The van der Waals surface area contributed by atoms with Crippen LogP contribution in [-0.4, -0.2) is 0 Å². The molecule has 2 nitrogen and oxygen atoms in total. The Morgan fingerprint density at radius 1 is 1.21 bits per heavy atom. The van der Waals surface area contributed by atoms with Gasteiger partial charge in [0, 0.05) is 12.2 Å². The lowest BCUT2D eigenvalue weighted by molar-refractivity contribution is 1.16. The van der Waals surface area contributed by atoms with Gasteiger partial charge in [-0.3, -0.25) is 0 Å². The minimum absolute atomic E-state index is 0.815. The van der Waals surface area contributed by atoms with Gasteiger partial charge in [0.25, 0.3) is 0 Å². The number of benzene rings is 1. The minimum Gasteiger partial charge on any atom is -0.399 e. The van der Waals surface area contributed by atoms with Crippen LogP contribution in [0.4, 0.5) is 10.7 Å². The Kier molecular flexibility index (Phi) is 2.70. The van der Waals surface area contributed by atoms with E-state index in [1.165, 1.54) is 10.6 Å². The maximum absolute atomic E-state index is 5.68. The Bertz CT molecular complexity index is 395. The van der Waals surface area contributed by atoms with Gasteiger partial charge >= 0.3 is 0 Å². The summed E-state index contributed by atoms with van der Waals surface area (Å²) in [6, 6.07) is 12.0. The fourth-order valence-electron chi connectivity index (χ4n) is 1.27. The normalized spacial score (nSPS) is 10.0. The Morgan fingerprint density at radius 3 is 2.86 bits per heavy atom. The molecule has 0 saturated heterocycles. The summed E-state index contributed by atoms with van der Waals surface area (Å²) in [5.74, 6) is 0. The number of rotatable bonds is 3. The second-order valence-electron chi connectivity index (χ2n) is 3.08. The van der Waals surface area contributed by atoms with E-state index >= 15 is 0 Å². The third-order valence-corrected chi connectivity index (χ3v) is 2.77. The van der Waals surface area contributed by atoms with E-state index in [-0.39, 0.29) is 0 Å². The molecule has 0 radical (unpaired) electrons. The van der Waals surface area contributed by atoms with Gasteiger partial charge < -0.3 is 11.1 Å². The smallest absolute Gasteiger partial charge is 0.0885 e. The number of hydrogen-bond donors (Lipinski definition) is 2. The molecule has 0 saturated carbocycles. The van der Waals surface area contributed by atoms with Crippen LogP contribution in [0.3, 0.4) is 0 Å². The lowest BCUT2D eigenvalue weighted by Gasteiger charge is -2.04. The van der Waals surface area contributed by atoms with E-state index in [2.05, 4.69) is 22.8 Å². The third kappa shape index (κ3) is 2.26. The predicted octanol–water partition coefficient (Wildman–Crippen LogP) is 2.94. The highest BCUT2D eigenvalue weighted by Gasteiger charge is 1.94. The van der Waals surface area contributed by atoms with E-state index in [0.717, 1.165) is 12.2 Å². The standard InChI is InChI=1S/C11H12N2S/c12-10-4-1-3-9(7-10)8-13-11-5-2-6-14-11/h1-7,13H,8,12H2. The predicted molar refractivity (Wildman–Crippen MR) is 62.5 cm³/mol. The minimum atomic E-state index is 0.815. The van der Waals surface area contributed by atoms with Crippen LogP contribution in [0.2, 0.25) is 0 Å². The molecular formula is C11H12N2S. The van der Waals surface area contributed by atoms with Crippen molar-refractivity contribution in [3.8, 4) is 0 Å². The highest BCUT2D eigenvalue weighted by Crippen LogP contribution is 2.16. The first-order valence-electron chi connectivity index (χ1n) is 4.46. The van der Waals surface area contributed by atoms with Gasteiger partial charge in [-0.05, 0) is 35.2 Å². The van der Waals surface area contributed by atoms with Crippen molar-refractivity contribution in [1.29, 1.82) is 0 Å². The molecule has 3 heteroatoms. The van der Waals surface area contributed by atoms with Gasteiger partial charge in [0.05, 0.1) is 5.00 Å². The molecule has 1 aromatic carbocycles. The molecule has 3 N–H and O–H groups in total. The van der Waals surface area contributed by atoms with Crippen molar-refractivity contribution in [3.05, 3.63) is 47.3 Å². The number of nitrogen functional groups attached to an aromatic ring is 1. The van der Waals surface area contributed by atoms with Crippen molar-refractivity contribution in [2.75, 3.05) is 11.1 Å². The topological polar surface area (TPSA) is 38.0 Å². The lowest BCUT2D eigenvalue weighted by atomic mass is 10.2. The lowest BCUT2D eigenvalue weighted by Crippen LogP contribution is -1.98. The van der Waals surface area contributed by atoms with Crippen LogP contribution in [0, 0.1) is 0 Å². The molecule has 0 aliphatic rings. The second kappa shape index (κ2) is 4.15. The molecule has 0 aliphatic heterocycles. The van der Waals surface area contributed by atoms with Crippen LogP contribution >= 0.6 is 11.3 Å². The maximum Gasteiger partial charge on any atom is 0.0885 e. The number of hydrogen-bond acceptors (Lipinski definition) is 3. The average molecular weight is 204 g/mol. The largest absolute Gasteiger partial charge is 0.399 e. The summed E-state index contributed by atoms with van der Waals surface area (Å²) in [4.78, 5) is 0. The van der Waals surface area contributed by atoms with Crippen molar-refractivity contribution in [2.24, 2.45) is 0 Å². The first-order valence-corrected chi connectivity index (χ1v) is 5.34. The molecule has 0 unspecified atom stereocenters. The Morgan fingerprint density at radius 2 is 2.14 bits per heavy atom. The van der Waals surface area contributed by atoms with Crippen LogP contribution in [0.1, 0.15) is 5.56 Å². The Hall–Kier alpha value is -1.48. The van der Waals surface area contributed by atoms with Crippen molar-refractivity contribution >= 4 is 22.0 Å². The molecule has 0 bridgehead atoms. The van der Waals surface area contributed by atoms with Gasteiger partial charge in [-0.1, -0.05) is 12.1 Å². The monoisotopic (exact) mass is 204 g/mol. The zero-order valence-corrected chi connectivity index (χ0v) is 8.55. The third-order valence-electron chi connectivity index (χ3n) is 1.94. The van der Waals surface area contributed by atoms with Gasteiger partial charge in [-0.15, -0.1) is 11.3 Å². The molecule has 0 atom stereocenters. The number of anilines is 2. The zero-order valence-electron chi connectivity index (χ0n) is 7.73. The van der Waals surface area contributed by atoms with Gasteiger partial charge in [-0.25, -0.2) is 0 Å².